The van der Waals surface area contributed by atoms with Crippen LogP contribution in [0.15, 0.2) is 10.6 Å². The molecule has 0 atom stereocenters. The van der Waals surface area contributed by atoms with Crippen LogP contribution >= 0.6 is 11.8 Å². The van der Waals surface area contributed by atoms with Gasteiger partial charge in [0.25, 0.3) is 0 Å². The van der Waals surface area contributed by atoms with Gasteiger partial charge in [-0.3, -0.25) is 4.79 Å². The Kier molecular flexibility index (Phi) is 4.18. The first-order valence-corrected chi connectivity index (χ1v) is 5.41. The van der Waals surface area contributed by atoms with Gasteiger partial charge in [-0.1, -0.05) is 0 Å². The number of nitrogens with zero attached hydrogens (tertiary/aromatic N) is 1. The molecule has 1 N–H and O–H groups in total. The van der Waals surface area contributed by atoms with E-state index in [0.29, 0.717) is 17.0 Å². The van der Waals surface area contributed by atoms with Crippen molar-refractivity contribution in [3.05, 3.63) is 10.6 Å². The van der Waals surface area contributed by atoms with Gasteiger partial charge in [0.15, 0.2) is 0 Å². The lowest BCUT2D eigenvalue weighted by molar-refractivity contribution is -0.154. The summed E-state index contributed by atoms with van der Waals surface area (Å²) in [4.78, 5) is 22.2. The van der Waals surface area contributed by atoms with E-state index in [2.05, 4.69) is 10.1 Å². The van der Waals surface area contributed by atoms with Gasteiger partial charge in [-0.25, -0.2) is 4.79 Å². The zero-order valence-corrected chi connectivity index (χ0v) is 9.02. The molecule has 0 aromatic carbocycles. The van der Waals surface area contributed by atoms with E-state index >= 15 is 0 Å². The summed E-state index contributed by atoms with van der Waals surface area (Å²) < 4.78 is 4.52. The Bertz CT molecular complexity index is 357. The Morgan fingerprint density at radius 3 is 3.00 bits per heavy atom. The van der Waals surface area contributed by atoms with Crippen molar-refractivity contribution in [1.82, 2.24) is 5.32 Å². The highest BCUT2D eigenvalue weighted by atomic mass is 32.2. The lowest BCUT2D eigenvalue weighted by Crippen LogP contribution is -2.31. The van der Waals surface area contributed by atoms with Crippen molar-refractivity contribution in [3.8, 4) is 6.07 Å². The largest absolute Gasteiger partial charge is 0.459 e. The molecular formula is C9H10N2O3S. The number of nitrogens with one attached hydrogen (secondary N) is 1. The Balaban J connectivity index is 2.59. The van der Waals surface area contributed by atoms with Crippen LogP contribution in [0.4, 0.5) is 0 Å². The maximum Gasteiger partial charge on any atom is 0.397 e. The molecule has 80 valence electrons. The smallest absolute Gasteiger partial charge is 0.397 e. The van der Waals surface area contributed by atoms with Crippen molar-refractivity contribution in [2.75, 3.05) is 12.4 Å². The summed E-state index contributed by atoms with van der Waals surface area (Å²) in [5.41, 5.74) is 0.512. The average Bonchev–Trinajstić information content (AvgIpc) is 2.65. The zero-order valence-electron chi connectivity index (χ0n) is 8.20. The van der Waals surface area contributed by atoms with Crippen LogP contribution in [0.3, 0.4) is 0 Å². The first-order valence-electron chi connectivity index (χ1n) is 4.43. The summed E-state index contributed by atoms with van der Waals surface area (Å²) in [6.45, 7) is 1.78. The summed E-state index contributed by atoms with van der Waals surface area (Å²) in [7, 11) is 0. The molecule has 0 spiro atoms. The minimum atomic E-state index is -0.921. The number of nitriles is 1. The normalized spacial score (nSPS) is 14.7. The monoisotopic (exact) mass is 226 g/mol. The number of esters is 1. The number of rotatable bonds is 2. The van der Waals surface area contributed by atoms with Crippen molar-refractivity contribution in [3.63, 3.8) is 0 Å². The quantitative estimate of drug-likeness (QED) is 0.549. The fourth-order valence-electron chi connectivity index (χ4n) is 1.02. The molecule has 1 aliphatic rings. The van der Waals surface area contributed by atoms with Crippen LogP contribution in [0.5, 0.6) is 0 Å². The molecule has 0 aromatic rings. The van der Waals surface area contributed by atoms with Crippen molar-refractivity contribution >= 4 is 23.6 Å². The SMILES string of the molecule is CCOC(=O)C(=O)NC1=C(C#N)CCS1. The van der Waals surface area contributed by atoms with Gasteiger partial charge in [-0.2, -0.15) is 5.26 Å². The standard InChI is InChI=1S/C9H10N2O3S/c1-2-14-9(13)7(12)11-8-6(5-10)3-4-15-8/h2-4H2,1H3,(H,11,12). The van der Waals surface area contributed by atoms with Crippen LogP contribution in [-0.2, 0) is 14.3 Å². The first kappa shape index (κ1) is 11.6. The molecule has 1 aliphatic heterocycles. The fourth-order valence-corrected chi connectivity index (χ4v) is 2.02. The molecule has 0 unspecified atom stereocenters. The number of thioether (sulfide) groups is 1. The second kappa shape index (κ2) is 5.41. The van der Waals surface area contributed by atoms with Crippen molar-refractivity contribution in [2.24, 2.45) is 0 Å². The van der Waals surface area contributed by atoms with Gasteiger partial charge in [0, 0.05) is 5.75 Å². The van der Waals surface area contributed by atoms with Gasteiger partial charge in [0.2, 0.25) is 0 Å². The summed E-state index contributed by atoms with van der Waals surface area (Å²) in [5.74, 6) is -0.995. The predicted octanol–water partition coefficient (Wildman–Crippen LogP) is 0.538. The Labute approximate surface area is 91.5 Å². The molecule has 0 saturated heterocycles. The van der Waals surface area contributed by atoms with Crippen LogP contribution in [0.1, 0.15) is 13.3 Å². The Morgan fingerprint density at radius 2 is 2.40 bits per heavy atom. The van der Waals surface area contributed by atoms with E-state index in [1.165, 1.54) is 11.8 Å². The number of amides is 1. The third kappa shape index (κ3) is 2.99. The summed E-state index contributed by atoms with van der Waals surface area (Å²) >= 11 is 1.36. The van der Waals surface area contributed by atoms with Gasteiger partial charge in [0.1, 0.15) is 0 Å². The number of carbonyl (C=O) groups excluding carboxylic acids is 2. The second-order valence-corrected chi connectivity index (χ2v) is 3.80. The van der Waals surface area contributed by atoms with E-state index in [0.717, 1.165) is 5.75 Å². The topological polar surface area (TPSA) is 79.2 Å². The highest BCUT2D eigenvalue weighted by Gasteiger charge is 2.21. The summed E-state index contributed by atoms with van der Waals surface area (Å²) in [6.07, 6.45) is 0.625. The van der Waals surface area contributed by atoms with E-state index < -0.39 is 11.9 Å². The molecule has 0 aromatic heterocycles. The zero-order chi connectivity index (χ0) is 11.3. The van der Waals surface area contributed by atoms with Crippen molar-refractivity contribution in [1.29, 1.82) is 5.26 Å². The number of hydrogen-bond acceptors (Lipinski definition) is 5. The molecule has 1 amide bonds. The Hall–Kier alpha value is -1.48. The van der Waals surface area contributed by atoms with E-state index in [9.17, 15) is 9.59 Å². The summed E-state index contributed by atoms with van der Waals surface area (Å²) in [5, 5.41) is 11.5. The second-order valence-electron chi connectivity index (χ2n) is 2.69. The molecule has 6 heteroatoms. The third-order valence-electron chi connectivity index (χ3n) is 1.70. The van der Waals surface area contributed by atoms with Gasteiger partial charge in [-0.05, 0) is 13.3 Å². The van der Waals surface area contributed by atoms with Crippen LogP contribution in [0, 0.1) is 11.3 Å². The molecule has 0 aliphatic carbocycles. The van der Waals surface area contributed by atoms with Gasteiger partial charge in [-0.15, -0.1) is 11.8 Å². The van der Waals surface area contributed by atoms with E-state index in [-0.39, 0.29) is 6.61 Å². The van der Waals surface area contributed by atoms with Crippen molar-refractivity contribution in [2.45, 2.75) is 13.3 Å². The van der Waals surface area contributed by atoms with Crippen molar-refractivity contribution < 1.29 is 14.3 Å². The maximum absolute atomic E-state index is 11.2. The third-order valence-corrected chi connectivity index (χ3v) is 2.74. The lowest BCUT2D eigenvalue weighted by atomic mass is 10.2. The van der Waals surface area contributed by atoms with Crippen LogP contribution < -0.4 is 5.32 Å². The number of ether oxygens (including phenoxy) is 1. The first-order chi connectivity index (χ1) is 7.19. The molecular weight excluding hydrogens is 216 g/mol. The number of hydrogen-bond donors (Lipinski definition) is 1. The molecule has 1 rings (SSSR count). The predicted molar refractivity (Wildman–Crippen MR) is 54.5 cm³/mol. The van der Waals surface area contributed by atoms with Crippen LogP contribution in [-0.4, -0.2) is 24.2 Å². The number of allylic oxidation sites excluding steroid dienone is 1. The van der Waals surface area contributed by atoms with Gasteiger partial charge in [0.05, 0.1) is 23.3 Å². The minimum absolute atomic E-state index is 0.156. The van der Waals surface area contributed by atoms with Crippen LogP contribution in [0.25, 0.3) is 0 Å². The Morgan fingerprint density at radius 1 is 1.67 bits per heavy atom. The molecule has 5 nitrogen and oxygen atoms in total. The molecule has 0 bridgehead atoms. The fraction of sp³-hybridized carbons (Fsp3) is 0.444. The van der Waals surface area contributed by atoms with E-state index in [1.54, 1.807) is 6.92 Å². The van der Waals surface area contributed by atoms with Gasteiger partial charge < -0.3 is 10.1 Å². The molecule has 0 radical (unpaired) electrons. The number of carbonyl (C=O) groups is 2. The molecule has 1 heterocycles. The minimum Gasteiger partial charge on any atom is -0.459 e. The molecule has 15 heavy (non-hydrogen) atoms. The average molecular weight is 226 g/mol. The van der Waals surface area contributed by atoms with E-state index in [1.807, 2.05) is 6.07 Å². The molecule has 0 fully saturated rings. The van der Waals surface area contributed by atoms with Gasteiger partial charge >= 0.3 is 11.9 Å². The highest BCUT2D eigenvalue weighted by molar-refractivity contribution is 8.03. The summed E-state index contributed by atoms with van der Waals surface area (Å²) in [6, 6.07) is 1.98. The maximum atomic E-state index is 11.2. The lowest BCUT2D eigenvalue weighted by Gasteiger charge is -2.04. The van der Waals surface area contributed by atoms with Crippen LogP contribution in [0.2, 0.25) is 0 Å². The van der Waals surface area contributed by atoms with E-state index in [4.69, 9.17) is 5.26 Å². The highest BCUT2D eigenvalue weighted by Crippen LogP contribution is 2.28. The molecule has 0 saturated carbocycles.